The minimum absolute atomic E-state index is 0.0133. The van der Waals surface area contributed by atoms with E-state index in [9.17, 15) is 4.79 Å². The van der Waals surface area contributed by atoms with Crippen molar-refractivity contribution in [1.29, 1.82) is 0 Å². The van der Waals surface area contributed by atoms with Crippen LogP contribution in [0.2, 0.25) is 5.02 Å². The minimum Gasteiger partial charge on any atom is -0.368 e. The summed E-state index contributed by atoms with van der Waals surface area (Å²) >= 11 is 6.00. The Bertz CT molecular complexity index is 1320. The van der Waals surface area contributed by atoms with Gasteiger partial charge < -0.3 is 14.0 Å². The Hall–Kier alpha value is -3.16. The van der Waals surface area contributed by atoms with Crippen LogP contribution < -0.4 is 0 Å². The normalized spacial score (nSPS) is 16.5. The number of rotatable bonds is 4. The summed E-state index contributed by atoms with van der Waals surface area (Å²) in [7, 11) is 0. The van der Waals surface area contributed by atoms with Gasteiger partial charge in [0.15, 0.2) is 0 Å². The smallest absolute Gasteiger partial charge is 0.257 e. The molecule has 1 aliphatic heterocycles. The highest BCUT2D eigenvalue weighted by Crippen LogP contribution is 2.25. The fourth-order valence-electron chi connectivity index (χ4n) is 4.42. The summed E-state index contributed by atoms with van der Waals surface area (Å²) in [6, 6.07) is 13.7. The van der Waals surface area contributed by atoms with Gasteiger partial charge in [0, 0.05) is 29.2 Å². The maximum Gasteiger partial charge on any atom is 0.257 e. The van der Waals surface area contributed by atoms with E-state index in [1.54, 1.807) is 0 Å². The monoisotopic (exact) mass is 463 g/mol. The number of carbonyl (C=O) groups is 1. The van der Waals surface area contributed by atoms with Crippen LogP contribution in [0.5, 0.6) is 0 Å². The molecule has 4 aromatic rings. The van der Waals surface area contributed by atoms with Gasteiger partial charge in [-0.2, -0.15) is 5.10 Å². The van der Waals surface area contributed by atoms with Crippen molar-refractivity contribution in [2.45, 2.75) is 33.4 Å². The summed E-state index contributed by atoms with van der Waals surface area (Å²) in [6.07, 6.45) is 1.75. The van der Waals surface area contributed by atoms with Crippen molar-refractivity contribution in [1.82, 2.24) is 24.1 Å². The maximum atomic E-state index is 13.5. The minimum atomic E-state index is -0.258. The van der Waals surface area contributed by atoms with Crippen molar-refractivity contribution in [2.75, 3.05) is 19.7 Å². The Kier molecular flexibility index (Phi) is 5.68. The molecule has 1 unspecified atom stereocenters. The van der Waals surface area contributed by atoms with Crippen molar-refractivity contribution < 1.29 is 9.53 Å². The molecule has 0 N–H and O–H groups in total. The number of aryl methyl sites for hydroxylation is 2. The molecule has 0 aliphatic carbocycles. The largest absolute Gasteiger partial charge is 0.368 e. The quantitative estimate of drug-likeness (QED) is 0.450. The number of morpholine rings is 1. The number of hydrogen-bond acceptors (Lipinski definition) is 4. The molecule has 33 heavy (non-hydrogen) atoms. The van der Waals surface area contributed by atoms with E-state index in [-0.39, 0.29) is 12.0 Å². The lowest BCUT2D eigenvalue weighted by Crippen LogP contribution is -2.42. The predicted octanol–water partition coefficient (Wildman–Crippen LogP) is 4.37. The molecule has 0 bridgehead atoms. The molecular formula is C25H26ClN5O2. The molecule has 0 radical (unpaired) electrons. The van der Waals surface area contributed by atoms with Gasteiger partial charge in [-0.1, -0.05) is 29.8 Å². The third-order valence-corrected chi connectivity index (χ3v) is 6.49. The lowest BCUT2D eigenvalue weighted by atomic mass is 10.1. The first-order valence-electron chi connectivity index (χ1n) is 11.0. The molecule has 1 aliphatic rings. The van der Waals surface area contributed by atoms with Crippen LogP contribution in [0.4, 0.5) is 0 Å². The van der Waals surface area contributed by atoms with E-state index in [4.69, 9.17) is 21.3 Å². The Morgan fingerprint density at radius 3 is 2.70 bits per heavy atom. The van der Waals surface area contributed by atoms with Crippen molar-refractivity contribution >= 4 is 23.2 Å². The second kappa shape index (κ2) is 8.65. The van der Waals surface area contributed by atoms with Gasteiger partial charge in [0.2, 0.25) is 0 Å². The molecule has 1 amide bonds. The predicted molar refractivity (Wildman–Crippen MR) is 127 cm³/mol. The number of ether oxygens (including phenoxy) is 1. The Morgan fingerprint density at radius 2 is 1.94 bits per heavy atom. The van der Waals surface area contributed by atoms with Crippen LogP contribution in [0, 0.1) is 20.8 Å². The van der Waals surface area contributed by atoms with Gasteiger partial charge in [0.05, 0.1) is 36.6 Å². The second-order valence-corrected chi connectivity index (χ2v) is 8.94. The topological polar surface area (TPSA) is 64.7 Å². The third kappa shape index (κ3) is 4.14. The average molecular weight is 464 g/mol. The number of halogens is 1. The summed E-state index contributed by atoms with van der Waals surface area (Å²) in [5, 5.41) is 5.35. The van der Waals surface area contributed by atoms with Gasteiger partial charge in [0.25, 0.3) is 5.91 Å². The molecule has 8 heteroatoms. The number of carbonyl (C=O) groups excluding carboxylic acids is 1. The van der Waals surface area contributed by atoms with E-state index >= 15 is 0 Å². The number of aromatic nitrogens is 4. The van der Waals surface area contributed by atoms with E-state index in [0.717, 1.165) is 34.0 Å². The van der Waals surface area contributed by atoms with Crippen LogP contribution in [0.1, 0.15) is 44.8 Å². The zero-order chi connectivity index (χ0) is 23.1. The molecule has 3 aromatic heterocycles. The van der Waals surface area contributed by atoms with Crippen molar-refractivity contribution in [3.8, 4) is 0 Å². The zero-order valence-corrected chi connectivity index (χ0v) is 19.7. The van der Waals surface area contributed by atoms with Gasteiger partial charge >= 0.3 is 0 Å². The molecule has 0 saturated carbocycles. The van der Waals surface area contributed by atoms with E-state index in [0.29, 0.717) is 36.8 Å². The van der Waals surface area contributed by atoms with Gasteiger partial charge in [-0.25, -0.2) is 4.98 Å². The van der Waals surface area contributed by atoms with Gasteiger partial charge in [-0.05, 0) is 50.6 Å². The van der Waals surface area contributed by atoms with Crippen LogP contribution in [-0.4, -0.2) is 49.7 Å². The van der Waals surface area contributed by atoms with Crippen LogP contribution in [0.15, 0.2) is 48.7 Å². The van der Waals surface area contributed by atoms with E-state index in [1.165, 1.54) is 0 Å². The summed E-state index contributed by atoms with van der Waals surface area (Å²) < 4.78 is 9.94. The van der Waals surface area contributed by atoms with E-state index in [2.05, 4.69) is 9.50 Å². The van der Waals surface area contributed by atoms with Crippen molar-refractivity contribution in [2.24, 2.45) is 0 Å². The van der Waals surface area contributed by atoms with Crippen LogP contribution >= 0.6 is 11.6 Å². The van der Waals surface area contributed by atoms with Gasteiger partial charge in [0.1, 0.15) is 11.8 Å². The third-order valence-electron chi connectivity index (χ3n) is 6.24. The second-order valence-electron chi connectivity index (χ2n) is 8.50. The van der Waals surface area contributed by atoms with Crippen molar-refractivity contribution in [3.05, 3.63) is 87.6 Å². The molecule has 170 valence electrons. The van der Waals surface area contributed by atoms with E-state index < -0.39 is 0 Å². The number of fused-ring (bicyclic) bond motifs is 1. The highest BCUT2D eigenvalue weighted by Gasteiger charge is 2.30. The summed E-state index contributed by atoms with van der Waals surface area (Å²) in [5.41, 5.74) is 6.17. The molecule has 4 heterocycles. The highest BCUT2D eigenvalue weighted by atomic mass is 35.5. The number of pyridine rings is 1. The van der Waals surface area contributed by atoms with Gasteiger partial charge in [-0.15, -0.1) is 0 Å². The Labute approximate surface area is 197 Å². The van der Waals surface area contributed by atoms with Gasteiger partial charge in [-0.3, -0.25) is 9.48 Å². The number of imidazole rings is 1. The molecule has 0 spiro atoms. The number of amides is 1. The summed E-state index contributed by atoms with van der Waals surface area (Å²) in [6.45, 7) is 7.95. The molecule has 1 aromatic carbocycles. The molecule has 1 saturated heterocycles. The number of nitrogens with zero attached hydrogens (tertiary/aromatic N) is 5. The Morgan fingerprint density at radius 1 is 1.15 bits per heavy atom. The fraction of sp³-hybridized carbons (Fsp3) is 0.320. The zero-order valence-electron chi connectivity index (χ0n) is 19.0. The van der Waals surface area contributed by atoms with Crippen molar-refractivity contribution in [3.63, 3.8) is 0 Å². The van der Waals surface area contributed by atoms with E-state index in [1.807, 2.05) is 79.0 Å². The standard InChI is InChI=1S/C25H26ClN5O2/c1-16-5-4-6-23-27-21(14-30(16)23)22-15-29(11-12-33-22)25(32)24-17(2)28-31(18(24)3)13-19-7-9-20(26)10-8-19/h4-10,14,22H,11-13,15H2,1-3H3. The van der Waals surface area contributed by atoms with Crippen LogP contribution in [0.25, 0.3) is 5.65 Å². The number of hydrogen-bond donors (Lipinski definition) is 0. The number of benzene rings is 1. The fourth-order valence-corrected chi connectivity index (χ4v) is 4.54. The first-order valence-corrected chi connectivity index (χ1v) is 11.4. The summed E-state index contributed by atoms with van der Waals surface area (Å²) in [5.74, 6) is -0.0133. The SMILES string of the molecule is Cc1nn(Cc2ccc(Cl)cc2)c(C)c1C(=O)N1CCOC(c2cn3c(C)cccc3n2)C1. The maximum absolute atomic E-state index is 13.5. The highest BCUT2D eigenvalue weighted by molar-refractivity contribution is 6.30. The lowest BCUT2D eigenvalue weighted by molar-refractivity contribution is -0.0245. The average Bonchev–Trinajstić information content (AvgIpc) is 3.37. The Balaban J connectivity index is 1.37. The lowest BCUT2D eigenvalue weighted by Gasteiger charge is -2.32. The molecule has 7 nitrogen and oxygen atoms in total. The molecule has 5 rings (SSSR count). The molecule has 1 fully saturated rings. The molecule has 1 atom stereocenters. The van der Waals surface area contributed by atoms with Crippen LogP contribution in [0.3, 0.4) is 0 Å². The van der Waals surface area contributed by atoms with Crippen LogP contribution in [-0.2, 0) is 11.3 Å². The first-order chi connectivity index (χ1) is 15.9. The first kappa shape index (κ1) is 21.7. The molecular weight excluding hydrogens is 438 g/mol. The summed E-state index contributed by atoms with van der Waals surface area (Å²) in [4.78, 5) is 20.1.